The highest BCUT2D eigenvalue weighted by Crippen LogP contribution is 2.33. The molecule has 180 valence electrons. The van der Waals surface area contributed by atoms with Crippen molar-refractivity contribution in [3.63, 3.8) is 0 Å². The van der Waals surface area contributed by atoms with E-state index in [0.29, 0.717) is 26.2 Å². The van der Waals surface area contributed by atoms with Gasteiger partial charge in [-0.05, 0) is 68.5 Å². The molecule has 0 heterocycles. The van der Waals surface area contributed by atoms with Gasteiger partial charge in [0.05, 0.1) is 0 Å². The zero-order chi connectivity index (χ0) is 24.6. The van der Waals surface area contributed by atoms with Crippen LogP contribution in [0.1, 0.15) is 22.3 Å². The maximum absolute atomic E-state index is 9.84. The van der Waals surface area contributed by atoms with Gasteiger partial charge < -0.3 is 40.0 Å². The predicted octanol–water partition coefficient (Wildman–Crippen LogP) is 2.44. The molecule has 0 unspecified atom stereocenters. The molecule has 0 saturated heterocycles. The Bertz CT molecular complexity index is 781. The standard InChI is InChI=1S/2C12H20N2O2/c1-13(2)7-9-5-12(16)10(6-11(9)15)8-14(3)4;1-13(2)7-9-5-6-10(8-14(3)4)12(16)11(9)15/h2*5-6,15-16H,7-8H2,1-4H3. The van der Waals surface area contributed by atoms with Gasteiger partial charge in [-0.1, -0.05) is 12.1 Å². The fraction of sp³-hybridized carbons (Fsp3) is 0.500. The van der Waals surface area contributed by atoms with E-state index in [4.69, 9.17) is 0 Å². The van der Waals surface area contributed by atoms with E-state index in [1.807, 2.05) is 88.1 Å². The van der Waals surface area contributed by atoms with Crippen LogP contribution in [0.25, 0.3) is 0 Å². The SMILES string of the molecule is CN(C)Cc1cc(O)c(CN(C)C)cc1O.CN(C)Cc1ccc(CN(C)C)c(O)c1O. The Morgan fingerprint density at radius 2 is 0.719 bits per heavy atom. The van der Waals surface area contributed by atoms with Crippen LogP contribution in [0, 0.1) is 0 Å². The average Bonchev–Trinajstić information content (AvgIpc) is 2.65. The van der Waals surface area contributed by atoms with Gasteiger partial charge in [-0.25, -0.2) is 0 Å². The van der Waals surface area contributed by atoms with Gasteiger partial charge in [-0.2, -0.15) is 0 Å². The van der Waals surface area contributed by atoms with Gasteiger partial charge in [0.1, 0.15) is 11.5 Å². The minimum absolute atomic E-state index is 0.00644. The number of benzene rings is 2. The summed E-state index contributed by atoms with van der Waals surface area (Å²) in [6, 6.07) is 6.98. The fourth-order valence-electron chi connectivity index (χ4n) is 3.20. The lowest BCUT2D eigenvalue weighted by Gasteiger charge is -2.16. The minimum Gasteiger partial charge on any atom is -0.508 e. The molecule has 2 aromatic rings. The number of phenolic OH excluding ortho intramolecular Hbond substituents is 4. The number of nitrogens with zero attached hydrogens (tertiary/aromatic N) is 4. The lowest BCUT2D eigenvalue weighted by Crippen LogP contribution is -2.12. The van der Waals surface area contributed by atoms with Crippen LogP contribution >= 0.6 is 0 Å². The van der Waals surface area contributed by atoms with E-state index in [2.05, 4.69) is 0 Å². The van der Waals surface area contributed by atoms with E-state index in [1.54, 1.807) is 12.1 Å². The average molecular weight is 449 g/mol. The molecule has 32 heavy (non-hydrogen) atoms. The molecule has 2 rings (SSSR count). The maximum Gasteiger partial charge on any atom is 0.162 e. The third kappa shape index (κ3) is 8.92. The molecule has 2 aromatic carbocycles. The van der Waals surface area contributed by atoms with Gasteiger partial charge in [0.15, 0.2) is 11.5 Å². The molecule has 0 aromatic heterocycles. The second kappa shape index (κ2) is 12.5. The molecular weight excluding hydrogens is 408 g/mol. The van der Waals surface area contributed by atoms with Crippen LogP contribution < -0.4 is 0 Å². The number of aromatic hydroxyl groups is 4. The Morgan fingerprint density at radius 3 is 0.969 bits per heavy atom. The number of hydrogen-bond donors (Lipinski definition) is 4. The van der Waals surface area contributed by atoms with E-state index in [-0.39, 0.29) is 23.0 Å². The van der Waals surface area contributed by atoms with Crippen molar-refractivity contribution in [3.05, 3.63) is 46.5 Å². The van der Waals surface area contributed by atoms with Gasteiger partial charge >= 0.3 is 0 Å². The topological polar surface area (TPSA) is 93.9 Å². The van der Waals surface area contributed by atoms with Crippen LogP contribution in [-0.2, 0) is 26.2 Å². The second-order valence-electron chi connectivity index (χ2n) is 9.14. The van der Waals surface area contributed by atoms with Crippen LogP contribution in [0.2, 0.25) is 0 Å². The summed E-state index contributed by atoms with van der Waals surface area (Å²) in [6.45, 7) is 2.45. The fourth-order valence-corrected chi connectivity index (χ4v) is 3.20. The highest BCUT2D eigenvalue weighted by atomic mass is 16.3. The smallest absolute Gasteiger partial charge is 0.162 e. The molecule has 0 amide bonds. The molecule has 0 spiro atoms. The van der Waals surface area contributed by atoms with Crippen LogP contribution in [0.5, 0.6) is 23.0 Å². The normalized spacial score (nSPS) is 11.4. The molecule has 0 aliphatic carbocycles. The molecule has 0 radical (unpaired) electrons. The highest BCUT2D eigenvalue weighted by Gasteiger charge is 2.12. The summed E-state index contributed by atoms with van der Waals surface area (Å²) in [5, 5.41) is 39.3. The van der Waals surface area contributed by atoms with Crippen molar-refractivity contribution < 1.29 is 20.4 Å². The Hall–Kier alpha value is -2.52. The third-order valence-electron chi connectivity index (χ3n) is 4.54. The molecule has 0 bridgehead atoms. The summed E-state index contributed by atoms with van der Waals surface area (Å²) in [5.41, 5.74) is 2.96. The zero-order valence-corrected chi connectivity index (χ0v) is 20.7. The minimum atomic E-state index is -0.00644. The largest absolute Gasteiger partial charge is 0.508 e. The molecule has 0 atom stereocenters. The number of rotatable bonds is 8. The van der Waals surface area contributed by atoms with Crippen molar-refractivity contribution in [3.8, 4) is 23.0 Å². The van der Waals surface area contributed by atoms with Crippen LogP contribution in [-0.4, -0.2) is 96.4 Å². The Labute approximate surface area is 192 Å². The number of phenols is 4. The Balaban J connectivity index is 0.000000320. The monoisotopic (exact) mass is 448 g/mol. The third-order valence-corrected chi connectivity index (χ3v) is 4.54. The predicted molar refractivity (Wildman–Crippen MR) is 129 cm³/mol. The second-order valence-corrected chi connectivity index (χ2v) is 9.14. The van der Waals surface area contributed by atoms with Gasteiger partial charge in [-0.15, -0.1) is 0 Å². The summed E-state index contributed by atoms with van der Waals surface area (Å²) in [6.07, 6.45) is 0. The first-order valence-corrected chi connectivity index (χ1v) is 10.5. The van der Waals surface area contributed by atoms with E-state index in [9.17, 15) is 20.4 Å². The quantitative estimate of drug-likeness (QED) is 0.361. The first kappa shape index (κ1) is 27.5. The van der Waals surface area contributed by atoms with Crippen LogP contribution in [0.3, 0.4) is 0 Å². The van der Waals surface area contributed by atoms with Crippen molar-refractivity contribution in [2.75, 3.05) is 56.4 Å². The summed E-state index contributed by atoms with van der Waals surface area (Å²) in [4.78, 5) is 7.78. The Morgan fingerprint density at radius 1 is 0.469 bits per heavy atom. The number of hydrogen-bond acceptors (Lipinski definition) is 8. The van der Waals surface area contributed by atoms with Crippen LogP contribution in [0.15, 0.2) is 24.3 Å². The maximum atomic E-state index is 9.84. The highest BCUT2D eigenvalue weighted by molar-refractivity contribution is 5.50. The molecule has 0 fully saturated rings. The molecule has 0 saturated carbocycles. The van der Waals surface area contributed by atoms with Crippen molar-refractivity contribution in [1.29, 1.82) is 0 Å². The van der Waals surface area contributed by atoms with Gasteiger partial charge in [0.25, 0.3) is 0 Å². The molecule has 8 heteroatoms. The lowest BCUT2D eigenvalue weighted by molar-refractivity contribution is 0.354. The molecule has 0 aliphatic heterocycles. The lowest BCUT2D eigenvalue weighted by atomic mass is 10.1. The van der Waals surface area contributed by atoms with Crippen molar-refractivity contribution in [2.45, 2.75) is 26.2 Å². The first-order valence-electron chi connectivity index (χ1n) is 10.5. The van der Waals surface area contributed by atoms with Crippen molar-refractivity contribution in [1.82, 2.24) is 19.6 Å². The molecule has 4 N–H and O–H groups in total. The van der Waals surface area contributed by atoms with Crippen molar-refractivity contribution in [2.24, 2.45) is 0 Å². The van der Waals surface area contributed by atoms with Crippen LogP contribution in [0.4, 0.5) is 0 Å². The van der Waals surface area contributed by atoms with E-state index in [0.717, 1.165) is 22.3 Å². The molecular formula is C24H40N4O4. The van der Waals surface area contributed by atoms with E-state index in [1.165, 1.54) is 0 Å². The van der Waals surface area contributed by atoms with Crippen molar-refractivity contribution >= 4 is 0 Å². The van der Waals surface area contributed by atoms with E-state index < -0.39 is 0 Å². The molecule has 8 nitrogen and oxygen atoms in total. The van der Waals surface area contributed by atoms with E-state index >= 15 is 0 Å². The van der Waals surface area contributed by atoms with Gasteiger partial charge in [0, 0.05) is 48.4 Å². The Kier molecular flexibility index (Phi) is 10.7. The summed E-state index contributed by atoms with van der Waals surface area (Å²) in [7, 11) is 15.4. The van der Waals surface area contributed by atoms with Gasteiger partial charge in [0.2, 0.25) is 0 Å². The summed E-state index contributed by atoms with van der Waals surface area (Å²) in [5.74, 6) is 0.466. The summed E-state index contributed by atoms with van der Waals surface area (Å²) < 4.78 is 0. The summed E-state index contributed by atoms with van der Waals surface area (Å²) >= 11 is 0. The first-order chi connectivity index (χ1) is 14.8. The molecule has 0 aliphatic rings. The zero-order valence-electron chi connectivity index (χ0n) is 20.7. The van der Waals surface area contributed by atoms with Gasteiger partial charge in [-0.3, -0.25) is 0 Å².